The Morgan fingerprint density at radius 2 is 1.93 bits per heavy atom. The number of ether oxygens (including phenoxy) is 2. The zero-order valence-electron chi connectivity index (χ0n) is 15.0. The molecule has 1 aliphatic heterocycles. The Balaban J connectivity index is 1.56. The number of nitrogens with one attached hydrogen (secondary N) is 1. The van der Waals surface area contributed by atoms with Crippen molar-refractivity contribution in [3.63, 3.8) is 0 Å². The number of hydrogen-bond donors (Lipinski definition) is 3. The molecule has 0 bridgehead atoms. The lowest BCUT2D eigenvalue weighted by Crippen LogP contribution is -2.46. The molecule has 1 aliphatic rings. The van der Waals surface area contributed by atoms with E-state index in [4.69, 9.17) is 14.3 Å². The fourth-order valence-corrected chi connectivity index (χ4v) is 2.87. The molecule has 1 fully saturated rings. The summed E-state index contributed by atoms with van der Waals surface area (Å²) in [5, 5.41) is 21.8. The lowest BCUT2D eigenvalue weighted by atomic mass is 10.2. The average Bonchev–Trinajstić information content (AvgIpc) is 2.85. The number of benzene rings is 1. The Kier molecular flexibility index (Phi) is 6.05. The number of nitrogens with zero attached hydrogens (tertiary/aromatic N) is 2. The Morgan fingerprint density at radius 3 is 2.59 bits per heavy atom. The minimum atomic E-state index is -0.795. The monoisotopic (exact) mass is 377 g/mol. The lowest BCUT2D eigenvalue weighted by molar-refractivity contribution is 0.0947. The molecular formula is C18H23N3O6. The van der Waals surface area contributed by atoms with Gasteiger partial charge in [-0.1, -0.05) is 12.1 Å². The second-order valence-electron chi connectivity index (χ2n) is 6.22. The summed E-state index contributed by atoms with van der Waals surface area (Å²) in [6.07, 6.45) is -0.795. The number of methoxy groups -OCH3 is 1. The van der Waals surface area contributed by atoms with Crippen LogP contribution < -0.4 is 14.9 Å². The van der Waals surface area contributed by atoms with Gasteiger partial charge in [0.15, 0.2) is 0 Å². The fourth-order valence-electron chi connectivity index (χ4n) is 2.87. The fraction of sp³-hybridized carbons (Fsp3) is 0.389. The smallest absolute Gasteiger partial charge is 0.432 e. The van der Waals surface area contributed by atoms with Crippen molar-refractivity contribution in [1.82, 2.24) is 14.9 Å². The number of aromatic hydroxyl groups is 2. The molecule has 0 spiro atoms. The molecule has 146 valence electrons. The third-order valence-electron chi connectivity index (χ3n) is 4.21. The van der Waals surface area contributed by atoms with Gasteiger partial charge in [0.2, 0.25) is 11.8 Å². The van der Waals surface area contributed by atoms with E-state index < -0.39 is 6.09 Å². The molecule has 0 unspecified atom stereocenters. The highest BCUT2D eigenvalue weighted by molar-refractivity contribution is 5.68. The van der Waals surface area contributed by atoms with Gasteiger partial charge in [0.1, 0.15) is 5.75 Å². The van der Waals surface area contributed by atoms with Crippen molar-refractivity contribution in [3.8, 4) is 17.5 Å². The molecule has 27 heavy (non-hydrogen) atoms. The zero-order chi connectivity index (χ0) is 19.2. The maximum absolute atomic E-state index is 12.1. The van der Waals surface area contributed by atoms with Gasteiger partial charge in [-0.05, 0) is 17.7 Å². The maximum atomic E-state index is 12.1. The predicted molar refractivity (Wildman–Crippen MR) is 95.8 cm³/mol. The number of carbonyl (C=O) groups excluding carboxylic acids is 1. The first-order valence-electron chi connectivity index (χ1n) is 8.56. The highest BCUT2D eigenvalue weighted by Gasteiger charge is 2.22. The Labute approximate surface area is 156 Å². The van der Waals surface area contributed by atoms with E-state index in [0.29, 0.717) is 31.0 Å². The summed E-state index contributed by atoms with van der Waals surface area (Å²) in [4.78, 5) is 19.2. The summed E-state index contributed by atoms with van der Waals surface area (Å²) < 4.78 is 11.4. The molecule has 1 saturated heterocycles. The second kappa shape index (κ2) is 8.65. The minimum absolute atomic E-state index is 0.293. The van der Waals surface area contributed by atoms with Crippen LogP contribution >= 0.6 is 0 Å². The lowest BCUT2D eigenvalue weighted by Gasteiger charge is -2.24. The van der Waals surface area contributed by atoms with Crippen LogP contribution in [0.4, 0.5) is 4.79 Å². The SMILES string of the molecule is COc1ccc(CN2CCOC[C@@H](NC(=O)On3c(O)ccc3O)C2)cc1. The Morgan fingerprint density at radius 1 is 1.22 bits per heavy atom. The van der Waals surface area contributed by atoms with Crippen LogP contribution in [0.15, 0.2) is 36.4 Å². The van der Waals surface area contributed by atoms with E-state index in [-0.39, 0.29) is 17.8 Å². The molecule has 0 saturated carbocycles. The van der Waals surface area contributed by atoms with Gasteiger partial charge in [0, 0.05) is 31.8 Å². The van der Waals surface area contributed by atoms with Crippen LogP contribution in [0.1, 0.15) is 5.56 Å². The van der Waals surface area contributed by atoms with Crippen molar-refractivity contribution in [2.24, 2.45) is 0 Å². The van der Waals surface area contributed by atoms with Crippen molar-refractivity contribution in [1.29, 1.82) is 0 Å². The summed E-state index contributed by atoms with van der Waals surface area (Å²) in [6, 6.07) is 9.96. The van der Waals surface area contributed by atoms with Gasteiger partial charge in [-0.2, -0.15) is 0 Å². The van der Waals surface area contributed by atoms with Crippen LogP contribution in [0.2, 0.25) is 0 Å². The summed E-state index contributed by atoms with van der Waals surface area (Å²) >= 11 is 0. The summed E-state index contributed by atoms with van der Waals surface area (Å²) in [6.45, 7) is 2.92. The third kappa shape index (κ3) is 5.05. The van der Waals surface area contributed by atoms with Gasteiger partial charge in [0.05, 0.1) is 26.4 Å². The van der Waals surface area contributed by atoms with E-state index in [0.717, 1.165) is 17.9 Å². The van der Waals surface area contributed by atoms with Gasteiger partial charge in [0.25, 0.3) is 0 Å². The number of amides is 1. The Hall–Kier alpha value is -2.91. The number of hydrogen-bond acceptors (Lipinski definition) is 7. The summed E-state index contributed by atoms with van der Waals surface area (Å²) in [5.41, 5.74) is 1.13. The molecule has 0 radical (unpaired) electrons. The van der Waals surface area contributed by atoms with Crippen molar-refractivity contribution in [3.05, 3.63) is 42.0 Å². The molecule has 3 rings (SSSR count). The highest BCUT2D eigenvalue weighted by atomic mass is 16.7. The van der Waals surface area contributed by atoms with Gasteiger partial charge < -0.3 is 29.8 Å². The van der Waals surface area contributed by atoms with Gasteiger partial charge >= 0.3 is 6.09 Å². The molecule has 1 amide bonds. The van der Waals surface area contributed by atoms with Crippen LogP contribution in [0.3, 0.4) is 0 Å². The second-order valence-corrected chi connectivity index (χ2v) is 6.22. The van der Waals surface area contributed by atoms with Crippen molar-refractivity contribution >= 4 is 6.09 Å². The molecule has 9 heteroatoms. The van der Waals surface area contributed by atoms with Gasteiger partial charge in [-0.15, -0.1) is 4.73 Å². The molecule has 3 N–H and O–H groups in total. The number of rotatable bonds is 5. The first-order valence-corrected chi connectivity index (χ1v) is 8.56. The summed E-state index contributed by atoms with van der Waals surface area (Å²) in [5.74, 6) is 0.0542. The van der Waals surface area contributed by atoms with Gasteiger partial charge in [-0.3, -0.25) is 4.90 Å². The minimum Gasteiger partial charge on any atom is -0.497 e. The molecule has 1 aromatic heterocycles. The van der Waals surface area contributed by atoms with Crippen LogP contribution in [0, 0.1) is 0 Å². The van der Waals surface area contributed by atoms with Crippen LogP contribution in [0.5, 0.6) is 17.5 Å². The highest BCUT2D eigenvalue weighted by Crippen LogP contribution is 2.18. The number of aromatic nitrogens is 1. The quantitative estimate of drug-likeness (QED) is 0.712. The van der Waals surface area contributed by atoms with E-state index in [1.807, 2.05) is 24.3 Å². The first kappa shape index (κ1) is 18.9. The summed E-state index contributed by atoms with van der Waals surface area (Å²) in [7, 11) is 1.63. The van der Waals surface area contributed by atoms with E-state index >= 15 is 0 Å². The molecule has 9 nitrogen and oxygen atoms in total. The van der Waals surface area contributed by atoms with E-state index in [2.05, 4.69) is 10.2 Å². The molecule has 2 aromatic rings. The van der Waals surface area contributed by atoms with Crippen molar-refractivity contribution in [2.45, 2.75) is 12.6 Å². The predicted octanol–water partition coefficient (Wildman–Crippen LogP) is 0.947. The van der Waals surface area contributed by atoms with Crippen LogP contribution in [-0.4, -0.2) is 65.4 Å². The first-order chi connectivity index (χ1) is 13.0. The van der Waals surface area contributed by atoms with E-state index in [1.54, 1.807) is 7.11 Å². The molecule has 1 atom stereocenters. The van der Waals surface area contributed by atoms with Crippen LogP contribution in [-0.2, 0) is 11.3 Å². The van der Waals surface area contributed by atoms with E-state index in [9.17, 15) is 15.0 Å². The third-order valence-corrected chi connectivity index (χ3v) is 4.21. The molecular weight excluding hydrogens is 354 g/mol. The normalized spacial score (nSPS) is 17.9. The largest absolute Gasteiger partial charge is 0.497 e. The topological polar surface area (TPSA) is 105 Å². The molecule has 2 heterocycles. The molecule has 0 aliphatic carbocycles. The van der Waals surface area contributed by atoms with E-state index in [1.165, 1.54) is 12.1 Å². The van der Waals surface area contributed by atoms with Crippen molar-refractivity contribution < 1.29 is 29.3 Å². The van der Waals surface area contributed by atoms with Gasteiger partial charge in [-0.25, -0.2) is 4.79 Å². The maximum Gasteiger partial charge on any atom is 0.432 e. The Bertz CT molecular complexity index is 741. The average molecular weight is 377 g/mol. The zero-order valence-corrected chi connectivity index (χ0v) is 15.0. The van der Waals surface area contributed by atoms with Crippen LogP contribution in [0.25, 0.3) is 0 Å². The molecule has 1 aromatic carbocycles. The van der Waals surface area contributed by atoms with Crippen molar-refractivity contribution in [2.75, 3.05) is 33.4 Å². The number of carbonyl (C=O) groups is 1. The standard InChI is InChI=1S/C18H23N3O6/c1-25-15-4-2-13(3-5-15)10-20-8-9-26-12-14(11-20)19-18(24)27-21-16(22)6-7-17(21)23/h2-7,14,22-23H,8-12H2,1H3,(H,19,24)/t14-/m0/s1.